The monoisotopic (exact) mass is 325 g/mol. The lowest BCUT2D eigenvalue weighted by Gasteiger charge is -2.28. The topological polar surface area (TPSA) is 110 Å². The Balaban J connectivity index is 0.000000185. The number of aromatic carboxylic acids is 1. The molecule has 0 bridgehead atoms. The molecule has 2 aliphatic heterocycles. The molecule has 2 aliphatic rings. The lowest BCUT2D eigenvalue weighted by Crippen LogP contribution is -2.15. The normalized spacial score (nSPS) is 18.4. The summed E-state index contributed by atoms with van der Waals surface area (Å²) in [5, 5.41) is 20.4. The van der Waals surface area contributed by atoms with Gasteiger partial charge in [-0.25, -0.2) is 4.79 Å². The third-order valence-corrected chi connectivity index (χ3v) is 3.07. The molecule has 0 fully saturated rings. The second-order valence-electron chi connectivity index (χ2n) is 4.75. The van der Waals surface area contributed by atoms with Crippen LogP contribution in [0.2, 0.25) is 0 Å². The lowest BCUT2D eigenvalue weighted by atomic mass is 10.2. The number of allylic oxidation sites excluding steroid dienone is 6. The number of nitroso groups, excluding NO2 is 1. The summed E-state index contributed by atoms with van der Waals surface area (Å²) in [5.74, 6) is -0.931. The first-order valence-corrected chi connectivity index (χ1v) is 6.94. The van der Waals surface area contributed by atoms with Crippen molar-refractivity contribution in [1.29, 1.82) is 0 Å². The third-order valence-electron chi connectivity index (χ3n) is 3.07. The van der Waals surface area contributed by atoms with E-state index in [0.717, 1.165) is 0 Å². The number of carboxylic acids is 1. The highest BCUT2D eigenvalue weighted by molar-refractivity contribution is 5.87. The van der Waals surface area contributed by atoms with Gasteiger partial charge in [0.15, 0.2) is 0 Å². The molecule has 0 radical (unpaired) electrons. The number of carbonyl (C=O) groups is 1. The molecule has 0 saturated carbocycles. The molecule has 0 unspecified atom stereocenters. The summed E-state index contributed by atoms with van der Waals surface area (Å²) in [4.78, 5) is 21.6. The van der Waals surface area contributed by atoms with Crippen LogP contribution in [0.3, 0.4) is 0 Å². The van der Waals surface area contributed by atoms with E-state index in [2.05, 4.69) is 0 Å². The predicted octanol–water partition coefficient (Wildman–Crippen LogP) is 2.91. The van der Waals surface area contributed by atoms with Crippen LogP contribution in [-0.2, 0) is 0 Å². The Bertz CT molecular complexity index is 787. The second kappa shape index (κ2) is 7.70. The van der Waals surface area contributed by atoms with Crippen molar-refractivity contribution >= 4 is 11.7 Å². The summed E-state index contributed by atoms with van der Waals surface area (Å²) in [6.45, 7) is 0. The van der Waals surface area contributed by atoms with E-state index in [1.807, 2.05) is 0 Å². The zero-order valence-corrected chi connectivity index (χ0v) is 12.6. The van der Waals surface area contributed by atoms with E-state index in [0.29, 0.717) is 26.9 Å². The fourth-order valence-corrected chi connectivity index (χ4v) is 1.88. The van der Waals surface area contributed by atoms with Crippen LogP contribution in [0.15, 0.2) is 84.5 Å². The minimum atomic E-state index is -0.931. The van der Waals surface area contributed by atoms with E-state index in [4.69, 9.17) is 10.8 Å². The van der Waals surface area contributed by atoms with E-state index in [-0.39, 0.29) is 5.56 Å². The van der Waals surface area contributed by atoms with Crippen LogP contribution in [0.1, 0.15) is 10.4 Å². The highest BCUT2D eigenvalue weighted by Gasteiger charge is 2.20. The smallest absolute Gasteiger partial charge is 0.335 e. The van der Waals surface area contributed by atoms with Gasteiger partial charge in [0.25, 0.3) is 5.70 Å². The molecule has 0 saturated heterocycles. The number of nitrogen functional groups attached to an aromatic ring is 1. The molecular formula is C17H15N3O4. The number of carboxylic acid groups (broad SMARTS) is 1. The van der Waals surface area contributed by atoms with Gasteiger partial charge in [-0.3, -0.25) is 0 Å². The number of hydroxylamine groups is 2. The lowest BCUT2D eigenvalue weighted by molar-refractivity contribution is -0.421. The van der Waals surface area contributed by atoms with E-state index < -0.39 is 5.97 Å². The molecule has 7 heteroatoms. The Morgan fingerprint density at radius 3 is 2.33 bits per heavy atom. The predicted molar refractivity (Wildman–Crippen MR) is 90.2 cm³/mol. The van der Waals surface area contributed by atoms with Crippen molar-refractivity contribution < 1.29 is 14.7 Å². The first-order valence-electron chi connectivity index (χ1n) is 6.94. The van der Waals surface area contributed by atoms with Crippen LogP contribution in [0.4, 0.5) is 5.69 Å². The fourth-order valence-electron chi connectivity index (χ4n) is 1.88. The Kier molecular flexibility index (Phi) is 5.43. The van der Waals surface area contributed by atoms with E-state index in [9.17, 15) is 14.9 Å². The maximum absolute atomic E-state index is 11.3. The van der Waals surface area contributed by atoms with Crippen LogP contribution in [0, 0.1) is 10.1 Å². The Morgan fingerprint density at radius 2 is 1.75 bits per heavy atom. The highest BCUT2D eigenvalue weighted by atomic mass is 16.5. The van der Waals surface area contributed by atoms with Crippen molar-refractivity contribution in [2.45, 2.75) is 0 Å². The molecule has 0 aromatic heterocycles. The average molecular weight is 325 g/mol. The highest BCUT2D eigenvalue weighted by Crippen LogP contribution is 2.19. The van der Waals surface area contributed by atoms with Gasteiger partial charge >= 0.3 is 5.97 Å². The Hall–Kier alpha value is -3.45. The second-order valence-corrected chi connectivity index (χ2v) is 4.75. The van der Waals surface area contributed by atoms with Gasteiger partial charge in [0, 0.05) is 22.7 Å². The molecule has 7 nitrogen and oxygen atoms in total. The first kappa shape index (κ1) is 16.9. The number of rotatable bonds is 1. The summed E-state index contributed by atoms with van der Waals surface area (Å²) < 4.78 is 0.670. The number of hydrogen-bond donors (Lipinski definition) is 2. The van der Waals surface area contributed by atoms with Gasteiger partial charge in [-0.05, 0) is 48.7 Å². The number of benzene rings is 1. The zero-order chi connectivity index (χ0) is 17.5. The number of anilines is 1. The maximum Gasteiger partial charge on any atom is 0.335 e. The first-order chi connectivity index (χ1) is 11.5. The SMILES string of the molecule is Nc1ccc(C(=O)O)cc1.O=[N+]1C=CC=CC1=C1C=CC=CN1[O-]. The van der Waals surface area contributed by atoms with Crippen molar-refractivity contribution in [3.63, 3.8) is 0 Å². The summed E-state index contributed by atoms with van der Waals surface area (Å²) in [6, 6.07) is 6.06. The van der Waals surface area contributed by atoms with Crippen molar-refractivity contribution in [2.75, 3.05) is 5.73 Å². The molecule has 0 atom stereocenters. The summed E-state index contributed by atoms with van der Waals surface area (Å²) >= 11 is 0. The third kappa shape index (κ3) is 4.28. The molecule has 1 aromatic rings. The molecule has 122 valence electrons. The summed E-state index contributed by atoms with van der Waals surface area (Å²) in [6.07, 6.45) is 12.6. The maximum atomic E-state index is 11.3. The van der Waals surface area contributed by atoms with Crippen molar-refractivity contribution in [2.24, 2.45) is 0 Å². The largest absolute Gasteiger partial charge is 0.754 e. The van der Waals surface area contributed by atoms with Gasteiger partial charge in [-0.1, -0.05) is 6.08 Å². The average Bonchev–Trinajstić information content (AvgIpc) is 2.57. The molecule has 0 amide bonds. The van der Waals surface area contributed by atoms with Crippen LogP contribution < -0.4 is 5.73 Å². The van der Waals surface area contributed by atoms with Crippen molar-refractivity contribution in [3.05, 3.63) is 100 Å². The van der Waals surface area contributed by atoms with Crippen LogP contribution in [-0.4, -0.2) is 20.9 Å². The molecule has 3 rings (SSSR count). The van der Waals surface area contributed by atoms with Crippen LogP contribution in [0.25, 0.3) is 0 Å². The van der Waals surface area contributed by atoms with Gasteiger partial charge in [0.1, 0.15) is 5.70 Å². The summed E-state index contributed by atoms with van der Waals surface area (Å²) in [5.41, 5.74) is 6.87. The van der Waals surface area contributed by atoms with E-state index in [1.54, 1.807) is 48.6 Å². The van der Waals surface area contributed by atoms with Gasteiger partial charge in [-0.2, -0.15) is 0 Å². The van der Waals surface area contributed by atoms with Gasteiger partial charge in [0.05, 0.1) is 10.3 Å². The van der Waals surface area contributed by atoms with Gasteiger partial charge in [0.2, 0.25) is 6.20 Å². The van der Waals surface area contributed by atoms with Gasteiger partial charge in [-0.15, -0.1) is 0 Å². The number of hydrogen-bond acceptors (Lipinski definition) is 5. The molecule has 2 heterocycles. The number of nitrogens with zero attached hydrogens (tertiary/aromatic N) is 2. The Labute approximate surface area is 138 Å². The molecule has 3 N–H and O–H groups in total. The van der Waals surface area contributed by atoms with Gasteiger partial charge < -0.3 is 21.1 Å². The minimum absolute atomic E-state index is 0.259. The minimum Gasteiger partial charge on any atom is -0.754 e. The quantitative estimate of drug-likeness (QED) is 0.607. The Morgan fingerprint density at radius 1 is 1.08 bits per heavy atom. The summed E-state index contributed by atoms with van der Waals surface area (Å²) in [7, 11) is 0. The van der Waals surface area contributed by atoms with Crippen molar-refractivity contribution in [1.82, 2.24) is 5.06 Å². The fraction of sp³-hybridized carbons (Fsp3) is 0. The van der Waals surface area contributed by atoms with Crippen LogP contribution in [0.5, 0.6) is 0 Å². The molecule has 0 spiro atoms. The van der Waals surface area contributed by atoms with E-state index >= 15 is 0 Å². The molecular weight excluding hydrogens is 310 g/mol. The molecule has 24 heavy (non-hydrogen) atoms. The van der Waals surface area contributed by atoms with E-state index in [1.165, 1.54) is 24.5 Å². The van der Waals surface area contributed by atoms with Crippen LogP contribution >= 0.6 is 0 Å². The number of nitrogens with two attached hydrogens (primary N) is 1. The zero-order valence-electron chi connectivity index (χ0n) is 12.6. The standard InChI is InChI=1S/C10H8N2O2.C7H7NO2/c13-11-7-3-1-5-9(11)10-6-2-4-8-12(10)14;8-6-3-1-5(2-4-6)7(9)10/h1-8H;1-4H,8H2,(H,9,10). The molecule has 1 aromatic carbocycles. The van der Waals surface area contributed by atoms with Crippen molar-refractivity contribution in [3.8, 4) is 0 Å². The molecule has 0 aliphatic carbocycles.